The van der Waals surface area contributed by atoms with Crippen LogP contribution in [0.5, 0.6) is 5.75 Å². The van der Waals surface area contributed by atoms with Crippen LogP contribution < -0.4 is 9.84 Å². The molecule has 0 aliphatic rings. The van der Waals surface area contributed by atoms with Gasteiger partial charge in [0.25, 0.3) is 5.91 Å². The summed E-state index contributed by atoms with van der Waals surface area (Å²) in [5, 5.41) is 1.94. The highest BCUT2D eigenvalue weighted by Gasteiger charge is 2.37. The van der Waals surface area contributed by atoms with Gasteiger partial charge in [0.15, 0.2) is 0 Å². The molecule has 2 aromatic carbocycles. The molecule has 17 heteroatoms. The normalized spacial score (nSPS) is 13.8. The molecule has 6 nitrogen and oxygen atoms in total. The maximum absolute atomic E-state index is 13.1. The minimum Gasteiger partial charge on any atom is -0.403 e. The molecule has 200 valence electrons. The molecule has 0 spiro atoms. The molecular formula is C19H16ClF6INO5PS2. The van der Waals surface area contributed by atoms with E-state index in [2.05, 4.69) is 12.6 Å². The van der Waals surface area contributed by atoms with Crippen LogP contribution in [0.4, 0.5) is 32.0 Å². The fourth-order valence-corrected chi connectivity index (χ4v) is 4.95. The summed E-state index contributed by atoms with van der Waals surface area (Å²) in [6, 6.07) is 3.99. The molecule has 0 aliphatic heterocycles. The van der Waals surface area contributed by atoms with Crippen LogP contribution in [0, 0.1) is 0 Å². The molecule has 2 rings (SSSR count). The Kier molecular flexibility index (Phi) is 11.6. The Hall–Kier alpha value is -0.840. The lowest BCUT2D eigenvalue weighted by molar-refractivity contribution is -0.143. The van der Waals surface area contributed by atoms with Crippen LogP contribution in [-0.2, 0) is 26.0 Å². The Labute approximate surface area is 228 Å². The molecule has 0 saturated carbocycles. The molecule has 0 fully saturated rings. The molecule has 1 unspecified atom stereocenters. The number of carbonyl (C=O) groups is 1. The van der Waals surface area contributed by atoms with Crippen molar-refractivity contribution in [1.82, 2.24) is 0 Å². The van der Waals surface area contributed by atoms with Crippen LogP contribution in [0.2, 0.25) is 5.02 Å². The minimum absolute atomic E-state index is 0.0270. The predicted octanol–water partition coefficient (Wildman–Crippen LogP) is 8.16. The van der Waals surface area contributed by atoms with Gasteiger partial charge in [-0.25, -0.2) is 4.57 Å². The number of thiol groups is 1. The van der Waals surface area contributed by atoms with Crippen molar-refractivity contribution in [2.45, 2.75) is 12.4 Å². The minimum atomic E-state index is -5.12. The van der Waals surface area contributed by atoms with Gasteiger partial charge in [-0.1, -0.05) is 20.5 Å². The van der Waals surface area contributed by atoms with Crippen LogP contribution in [-0.4, -0.2) is 30.6 Å². The second-order valence-corrected chi connectivity index (χ2v) is 11.6. The third-order valence-electron chi connectivity index (χ3n) is 3.99. The van der Waals surface area contributed by atoms with Gasteiger partial charge < -0.3 is 9.84 Å². The van der Waals surface area contributed by atoms with E-state index < -0.39 is 54.2 Å². The maximum atomic E-state index is 13.1. The molecule has 0 aromatic heterocycles. The number of alkyl halides is 6. The number of hydrogen-bond acceptors (Lipinski definition) is 7. The van der Waals surface area contributed by atoms with Gasteiger partial charge in [0.05, 0.1) is 29.9 Å². The Morgan fingerprint density at radius 1 is 1.03 bits per heavy atom. The van der Waals surface area contributed by atoms with Gasteiger partial charge in [0.2, 0.25) is 0 Å². The molecule has 1 atom stereocenters. The molecule has 0 bridgehead atoms. The van der Waals surface area contributed by atoms with Crippen LogP contribution in [0.15, 0.2) is 36.4 Å². The first-order valence-corrected chi connectivity index (χ1v) is 15.5. The first kappa shape index (κ1) is 31.4. The molecule has 2 aromatic rings. The van der Waals surface area contributed by atoms with Crippen molar-refractivity contribution in [3.8, 4) is 5.75 Å². The van der Waals surface area contributed by atoms with E-state index in [0.29, 0.717) is 17.9 Å². The van der Waals surface area contributed by atoms with E-state index in [0.717, 1.165) is 12.1 Å². The Bertz CT molecular complexity index is 1090. The number of benzene rings is 2. The van der Waals surface area contributed by atoms with Crippen molar-refractivity contribution in [3.05, 3.63) is 58.1 Å². The quantitative estimate of drug-likeness (QED) is 0.0807. The van der Waals surface area contributed by atoms with Gasteiger partial charge >= 0.3 is 20.2 Å². The summed E-state index contributed by atoms with van der Waals surface area (Å²) in [5.74, 6) is -1.04. The first-order valence-electron chi connectivity index (χ1n) is 9.52. The summed E-state index contributed by atoms with van der Waals surface area (Å²) < 4.78 is 108. The third kappa shape index (κ3) is 9.48. The lowest BCUT2D eigenvalue weighted by atomic mass is 10.1. The highest BCUT2D eigenvalue weighted by atomic mass is 127. The van der Waals surface area contributed by atoms with Crippen LogP contribution in [0.3, 0.4) is 0 Å². The Morgan fingerprint density at radius 3 is 2.14 bits per heavy atom. The van der Waals surface area contributed by atoms with Gasteiger partial charge in [-0.15, -0.1) is 0 Å². The lowest BCUT2D eigenvalue weighted by Crippen LogP contribution is -2.17. The zero-order valence-electron chi connectivity index (χ0n) is 17.7. The topological polar surface area (TPSA) is 73.9 Å². The fourth-order valence-electron chi connectivity index (χ4n) is 2.53. The number of phosphoric ester groups is 1. The molecule has 0 heterocycles. The monoisotopic (exact) mass is 709 g/mol. The number of amides is 1. The van der Waals surface area contributed by atoms with Gasteiger partial charge in [0.1, 0.15) is 5.75 Å². The van der Waals surface area contributed by atoms with Crippen molar-refractivity contribution >= 4 is 73.8 Å². The molecule has 1 N–H and O–H groups in total. The SMILES string of the molecule is O=C(Nc1cc(C(F)(F)F)cc(C(F)(F)F)c1)c1cc(Cl)ccc1OP(=O)(OCCS)OCCSI. The lowest BCUT2D eigenvalue weighted by Gasteiger charge is -2.20. The first-order chi connectivity index (χ1) is 16.7. The van der Waals surface area contributed by atoms with E-state index in [1.807, 2.05) is 26.5 Å². The Balaban J connectivity index is 2.43. The average molecular weight is 710 g/mol. The molecule has 36 heavy (non-hydrogen) atoms. The van der Waals surface area contributed by atoms with Crippen molar-refractivity contribution < 1.29 is 49.3 Å². The summed E-state index contributed by atoms with van der Waals surface area (Å²) in [5.41, 5.74) is -4.49. The summed E-state index contributed by atoms with van der Waals surface area (Å²) in [4.78, 5) is 12.9. The standard InChI is InChI=1S/C19H16ClF6INO5PS2/c20-13-1-2-16(33-34(30,31-3-5-35)32-4-6-36-27)15(10-13)17(29)28-14-8-11(18(21,22)23)7-12(9-14)19(24,25)26/h1-2,7-10,35H,3-6H2,(H,28,29). The molecular weight excluding hydrogens is 694 g/mol. The maximum Gasteiger partial charge on any atom is 0.530 e. The number of rotatable bonds is 11. The number of phosphoric acid groups is 1. The highest BCUT2D eigenvalue weighted by molar-refractivity contribution is 14.2. The number of halogens is 8. The molecule has 0 aliphatic carbocycles. The molecule has 1 amide bonds. The van der Waals surface area contributed by atoms with E-state index in [-0.39, 0.29) is 30.1 Å². The average Bonchev–Trinajstić information content (AvgIpc) is 2.78. The second-order valence-electron chi connectivity index (χ2n) is 6.63. The fraction of sp³-hybridized carbons (Fsp3) is 0.316. The van der Waals surface area contributed by atoms with Crippen molar-refractivity contribution in [2.24, 2.45) is 0 Å². The summed E-state index contributed by atoms with van der Waals surface area (Å²) >= 11 is 11.8. The number of nitrogens with one attached hydrogen (secondary N) is 1. The smallest absolute Gasteiger partial charge is 0.403 e. The van der Waals surface area contributed by atoms with E-state index in [1.165, 1.54) is 15.0 Å². The number of anilines is 1. The van der Waals surface area contributed by atoms with Crippen molar-refractivity contribution in [1.29, 1.82) is 0 Å². The predicted molar refractivity (Wildman–Crippen MR) is 136 cm³/mol. The zero-order chi connectivity index (χ0) is 27.1. The highest BCUT2D eigenvalue weighted by Crippen LogP contribution is 2.50. The van der Waals surface area contributed by atoms with Crippen molar-refractivity contribution in [3.63, 3.8) is 0 Å². The second kappa shape index (κ2) is 13.3. The van der Waals surface area contributed by atoms with Crippen LogP contribution in [0.25, 0.3) is 0 Å². The largest absolute Gasteiger partial charge is 0.530 e. The van der Waals surface area contributed by atoms with E-state index in [4.69, 9.17) is 25.2 Å². The van der Waals surface area contributed by atoms with E-state index in [1.54, 1.807) is 0 Å². The van der Waals surface area contributed by atoms with Gasteiger partial charge in [-0.05, 0) is 57.6 Å². The third-order valence-corrected chi connectivity index (χ3v) is 7.47. The van der Waals surface area contributed by atoms with Crippen molar-refractivity contribution in [2.75, 3.05) is 30.0 Å². The molecule has 0 saturated heterocycles. The summed E-state index contributed by atoms with van der Waals surface area (Å²) in [6.07, 6.45) is -10.2. The number of carbonyl (C=O) groups excluding carboxylic acids is 1. The van der Waals surface area contributed by atoms with Gasteiger partial charge in [-0.2, -0.15) is 39.0 Å². The van der Waals surface area contributed by atoms with Crippen LogP contribution in [0.1, 0.15) is 21.5 Å². The summed E-state index contributed by atoms with van der Waals surface area (Å²) in [6.45, 7) is -0.214. The molecule has 0 radical (unpaired) electrons. The van der Waals surface area contributed by atoms with Gasteiger partial charge in [-0.3, -0.25) is 13.8 Å². The van der Waals surface area contributed by atoms with E-state index >= 15 is 0 Å². The van der Waals surface area contributed by atoms with Gasteiger partial charge in [0, 0.05) is 22.2 Å². The zero-order valence-corrected chi connectivity index (χ0v) is 23.2. The van der Waals surface area contributed by atoms with E-state index in [9.17, 15) is 35.7 Å². The summed E-state index contributed by atoms with van der Waals surface area (Å²) in [7, 11) is -2.95. The number of hydrogen-bond donors (Lipinski definition) is 2. The van der Waals surface area contributed by atoms with Crippen LogP contribution >= 0.6 is 62.2 Å². The Morgan fingerprint density at radius 2 is 1.61 bits per heavy atom.